The lowest BCUT2D eigenvalue weighted by atomic mass is 10.1. The predicted octanol–water partition coefficient (Wildman–Crippen LogP) is 5.02. The molecule has 38 heavy (non-hydrogen) atoms. The molecule has 3 aromatic carbocycles. The Morgan fingerprint density at radius 2 is 1.68 bits per heavy atom. The highest BCUT2D eigenvalue weighted by atomic mass is 32.1. The average molecular weight is 542 g/mol. The number of thiocarbonyl (C=S) groups is 1. The maximum absolute atomic E-state index is 13.5. The van der Waals surface area contributed by atoms with Gasteiger partial charge >= 0.3 is 12.1 Å². The first-order valence-electron chi connectivity index (χ1n) is 11.4. The van der Waals surface area contributed by atoms with E-state index < -0.39 is 35.6 Å². The Morgan fingerprint density at radius 3 is 2.32 bits per heavy atom. The summed E-state index contributed by atoms with van der Waals surface area (Å²) in [7, 11) is 1.25. The van der Waals surface area contributed by atoms with Crippen molar-refractivity contribution in [2.24, 2.45) is 0 Å². The van der Waals surface area contributed by atoms with Gasteiger partial charge in [-0.25, -0.2) is 4.79 Å². The zero-order valence-electron chi connectivity index (χ0n) is 20.1. The van der Waals surface area contributed by atoms with E-state index in [-0.39, 0.29) is 23.8 Å². The van der Waals surface area contributed by atoms with E-state index in [0.717, 1.165) is 22.6 Å². The fourth-order valence-electron chi connectivity index (χ4n) is 4.05. The van der Waals surface area contributed by atoms with Crippen molar-refractivity contribution in [2.75, 3.05) is 17.3 Å². The van der Waals surface area contributed by atoms with Crippen molar-refractivity contribution in [1.82, 2.24) is 4.90 Å². The molecule has 1 unspecified atom stereocenters. The Balaban J connectivity index is 1.59. The van der Waals surface area contributed by atoms with E-state index in [4.69, 9.17) is 12.2 Å². The molecule has 1 aliphatic rings. The van der Waals surface area contributed by atoms with Crippen LogP contribution in [-0.2, 0) is 27.0 Å². The van der Waals surface area contributed by atoms with E-state index in [0.29, 0.717) is 11.3 Å². The first-order valence-corrected chi connectivity index (χ1v) is 11.8. The van der Waals surface area contributed by atoms with Crippen molar-refractivity contribution < 1.29 is 32.3 Å². The molecular formula is C27H22F3N3O4S. The highest BCUT2D eigenvalue weighted by Crippen LogP contribution is 2.34. The van der Waals surface area contributed by atoms with Crippen molar-refractivity contribution in [2.45, 2.75) is 25.2 Å². The molecule has 0 radical (unpaired) electrons. The first-order chi connectivity index (χ1) is 18.1. The number of halogens is 3. The second-order valence-electron chi connectivity index (χ2n) is 8.45. The Kier molecular flexibility index (Phi) is 7.77. The molecule has 0 bridgehead atoms. The predicted molar refractivity (Wildman–Crippen MR) is 138 cm³/mol. The fourth-order valence-corrected chi connectivity index (χ4v) is 4.44. The fraction of sp³-hybridized carbons (Fsp3) is 0.185. The normalized spacial score (nSPS) is 15.5. The van der Waals surface area contributed by atoms with Crippen LogP contribution in [0, 0.1) is 0 Å². The second-order valence-corrected chi connectivity index (χ2v) is 8.82. The molecule has 1 heterocycles. The number of anilines is 2. The SMILES string of the molecule is COC(=O)c1ccc(NC(=O)CC2C(=O)N(c3cccc(C(F)(F)F)c3)C(=S)N2Cc2ccccc2)cc1. The van der Waals surface area contributed by atoms with Gasteiger partial charge in [-0.2, -0.15) is 13.2 Å². The van der Waals surface area contributed by atoms with Gasteiger partial charge in [-0.1, -0.05) is 36.4 Å². The summed E-state index contributed by atoms with van der Waals surface area (Å²) in [6.07, 6.45) is -4.91. The molecule has 1 saturated heterocycles. The average Bonchev–Trinajstić information content (AvgIpc) is 3.12. The number of hydrogen-bond donors (Lipinski definition) is 1. The summed E-state index contributed by atoms with van der Waals surface area (Å²) in [5.74, 6) is -1.65. The van der Waals surface area contributed by atoms with Crippen molar-refractivity contribution in [3.8, 4) is 0 Å². The molecule has 1 N–H and O–H groups in total. The molecule has 1 atom stereocenters. The molecule has 0 saturated carbocycles. The lowest BCUT2D eigenvalue weighted by Crippen LogP contribution is -2.37. The lowest BCUT2D eigenvalue weighted by Gasteiger charge is -2.24. The number of esters is 1. The number of nitrogens with one attached hydrogen (secondary N) is 1. The smallest absolute Gasteiger partial charge is 0.416 e. The number of amides is 2. The van der Waals surface area contributed by atoms with Crippen LogP contribution in [0.15, 0.2) is 78.9 Å². The van der Waals surface area contributed by atoms with Crippen LogP contribution in [-0.4, -0.2) is 40.9 Å². The summed E-state index contributed by atoms with van der Waals surface area (Å²) in [4.78, 5) is 40.6. The second kappa shape index (κ2) is 11.0. The third kappa shape index (κ3) is 5.83. The van der Waals surface area contributed by atoms with Gasteiger partial charge in [0.1, 0.15) is 6.04 Å². The van der Waals surface area contributed by atoms with Crippen LogP contribution in [0.3, 0.4) is 0 Å². The van der Waals surface area contributed by atoms with Gasteiger partial charge in [0.2, 0.25) is 5.91 Å². The number of carbonyl (C=O) groups excluding carboxylic acids is 3. The summed E-state index contributed by atoms with van der Waals surface area (Å²) in [5, 5.41) is 2.67. The molecular weight excluding hydrogens is 519 g/mol. The largest absolute Gasteiger partial charge is 0.465 e. The van der Waals surface area contributed by atoms with E-state index in [1.165, 1.54) is 48.4 Å². The van der Waals surface area contributed by atoms with E-state index >= 15 is 0 Å². The first kappa shape index (κ1) is 26.8. The van der Waals surface area contributed by atoms with Crippen LogP contribution in [0.2, 0.25) is 0 Å². The molecule has 4 rings (SSSR count). The van der Waals surface area contributed by atoms with Crippen LogP contribution in [0.5, 0.6) is 0 Å². The third-order valence-electron chi connectivity index (χ3n) is 5.91. The van der Waals surface area contributed by atoms with E-state index in [1.54, 1.807) is 12.1 Å². The van der Waals surface area contributed by atoms with E-state index in [2.05, 4.69) is 10.1 Å². The summed E-state index contributed by atoms with van der Waals surface area (Å²) < 4.78 is 44.7. The number of methoxy groups -OCH3 is 1. The van der Waals surface area contributed by atoms with Gasteiger partial charge < -0.3 is 15.0 Å². The minimum atomic E-state index is -4.60. The molecule has 1 aliphatic heterocycles. The molecule has 196 valence electrons. The number of benzene rings is 3. The van der Waals surface area contributed by atoms with Gasteiger partial charge in [-0.05, 0) is 60.2 Å². The summed E-state index contributed by atoms with van der Waals surface area (Å²) in [5.41, 5.74) is 0.538. The Labute approximate surface area is 221 Å². The van der Waals surface area contributed by atoms with Gasteiger partial charge in [0, 0.05) is 12.2 Å². The van der Waals surface area contributed by atoms with Crippen LogP contribution >= 0.6 is 12.2 Å². The zero-order valence-corrected chi connectivity index (χ0v) is 20.9. The lowest BCUT2D eigenvalue weighted by molar-refractivity contribution is -0.137. The monoisotopic (exact) mass is 541 g/mol. The van der Waals surface area contributed by atoms with Crippen molar-refractivity contribution in [3.05, 3.63) is 95.6 Å². The van der Waals surface area contributed by atoms with Crippen LogP contribution in [0.25, 0.3) is 0 Å². The highest BCUT2D eigenvalue weighted by molar-refractivity contribution is 7.80. The van der Waals surface area contributed by atoms with E-state index in [1.807, 2.05) is 18.2 Å². The summed E-state index contributed by atoms with van der Waals surface area (Å²) in [6.45, 7) is 0.173. The highest BCUT2D eigenvalue weighted by Gasteiger charge is 2.44. The number of nitrogens with zero attached hydrogens (tertiary/aromatic N) is 2. The maximum Gasteiger partial charge on any atom is 0.416 e. The van der Waals surface area contributed by atoms with Gasteiger partial charge in [0.25, 0.3) is 5.91 Å². The number of hydrogen-bond acceptors (Lipinski definition) is 5. The molecule has 0 aliphatic carbocycles. The van der Waals surface area contributed by atoms with Crippen molar-refractivity contribution >= 4 is 46.5 Å². The topological polar surface area (TPSA) is 78.9 Å². The molecule has 0 spiro atoms. The maximum atomic E-state index is 13.5. The number of rotatable bonds is 7. The van der Waals surface area contributed by atoms with Crippen LogP contribution < -0.4 is 10.2 Å². The molecule has 3 aromatic rings. The Bertz CT molecular complexity index is 1360. The number of ether oxygens (including phenoxy) is 1. The molecule has 11 heteroatoms. The van der Waals surface area contributed by atoms with Crippen molar-refractivity contribution in [3.63, 3.8) is 0 Å². The zero-order chi connectivity index (χ0) is 27.4. The minimum Gasteiger partial charge on any atom is -0.465 e. The Morgan fingerprint density at radius 1 is 1.00 bits per heavy atom. The van der Waals surface area contributed by atoms with Crippen molar-refractivity contribution in [1.29, 1.82) is 0 Å². The number of carbonyl (C=O) groups is 3. The molecule has 1 fully saturated rings. The Hall–Kier alpha value is -4.25. The quantitative estimate of drug-likeness (QED) is 0.334. The van der Waals surface area contributed by atoms with Gasteiger partial charge in [0.05, 0.1) is 30.3 Å². The molecule has 2 amide bonds. The van der Waals surface area contributed by atoms with Gasteiger partial charge in [-0.3, -0.25) is 14.5 Å². The summed E-state index contributed by atoms with van der Waals surface area (Å²) in [6, 6.07) is 18.3. The summed E-state index contributed by atoms with van der Waals surface area (Å²) >= 11 is 5.54. The molecule has 0 aromatic heterocycles. The third-order valence-corrected chi connectivity index (χ3v) is 6.33. The van der Waals surface area contributed by atoms with Crippen LogP contribution in [0.1, 0.15) is 27.9 Å². The molecule has 7 nitrogen and oxygen atoms in total. The van der Waals surface area contributed by atoms with E-state index in [9.17, 15) is 27.6 Å². The number of alkyl halides is 3. The minimum absolute atomic E-state index is 0.00147. The standard InChI is InChI=1S/C27H22F3N3O4S/c1-37-25(36)18-10-12-20(13-11-18)31-23(34)15-22-24(35)33(21-9-5-8-19(14-21)27(28,29)30)26(38)32(22)16-17-6-3-2-4-7-17/h2-14,22H,15-16H2,1H3,(H,31,34). The van der Waals surface area contributed by atoms with Gasteiger partial charge in [-0.15, -0.1) is 0 Å². The van der Waals surface area contributed by atoms with Crippen LogP contribution in [0.4, 0.5) is 24.5 Å². The van der Waals surface area contributed by atoms with Gasteiger partial charge in [0.15, 0.2) is 5.11 Å².